The van der Waals surface area contributed by atoms with Crippen LogP contribution in [-0.2, 0) is 11.2 Å². The fraction of sp³-hybridized carbons (Fsp3) is 0.500. The van der Waals surface area contributed by atoms with Crippen LogP contribution in [0.15, 0.2) is 34.9 Å². The molecule has 0 spiro atoms. The first-order valence-corrected chi connectivity index (χ1v) is 7.36. The van der Waals surface area contributed by atoms with E-state index in [0.29, 0.717) is 30.7 Å². The van der Waals surface area contributed by atoms with E-state index in [-0.39, 0.29) is 12.1 Å². The monoisotopic (exact) mass is 289 g/mol. The van der Waals surface area contributed by atoms with Gasteiger partial charge in [0.2, 0.25) is 11.7 Å². The molecule has 0 saturated carbocycles. The molecule has 21 heavy (non-hydrogen) atoms. The number of hydrogen-bond acceptors (Lipinski definition) is 5. The van der Waals surface area contributed by atoms with Crippen molar-refractivity contribution in [1.29, 1.82) is 0 Å². The number of benzene rings is 1. The van der Waals surface area contributed by atoms with E-state index >= 15 is 0 Å². The zero-order valence-corrected chi connectivity index (χ0v) is 12.8. The van der Waals surface area contributed by atoms with Crippen LogP contribution in [0.1, 0.15) is 44.2 Å². The molecule has 0 aliphatic heterocycles. The van der Waals surface area contributed by atoms with E-state index in [9.17, 15) is 0 Å². The van der Waals surface area contributed by atoms with Crippen molar-refractivity contribution in [2.45, 2.75) is 39.3 Å². The first-order chi connectivity index (χ1) is 10.1. The average molecular weight is 289 g/mol. The highest BCUT2D eigenvalue weighted by Gasteiger charge is 2.21. The van der Waals surface area contributed by atoms with Crippen molar-refractivity contribution >= 4 is 0 Å². The van der Waals surface area contributed by atoms with E-state index in [1.165, 1.54) is 0 Å². The third-order valence-corrected chi connectivity index (χ3v) is 3.42. The molecule has 5 heteroatoms. The number of aromatic nitrogens is 2. The number of nitrogens with zero attached hydrogens (tertiary/aromatic N) is 2. The van der Waals surface area contributed by atoms with Gasteiger partial charge in [0.15, 0.2) is 0 Å². The van der Waals surface area contributed by atoms with Crippen LogP contribution in [-0.4, -0.2) is 22.8 Å². The molecule has 0 fully saturated rings. The van der Waals surface area contributed by atoms with E-state index in [4.69, 9.17) is 15.0 Å². The summed E-state index contributed by atoms with van der Waals surface area (Å²) in [4.78, 5) is 4.45. The van der Waals surface area contributed by atoms with Crippen LogP contribution < -0.4 is 5.73 Å². The van der Waals surface area contributed by atoms with E-state index in [0.717, 1.165) is 5.56 Å². The molecule has 0 bridgehead atoms. The summed E-state index contributed by atoms with van der Waals surface area (Å²) in [7, 11) is 0. The van der Waals surface area contributed by atoms with E-state index in [1.54, 1.807) is 0 Å². The minimum Gasteiger partial charge on any atom is -0.366 e. The van der Waals surface area contributed by atoms with Crippen LogP contribution >= 0.6 is 0 Å². The molecule has 5 nitrogen and oxygen atoms in total. The maximum Gasteiger partial charge on any atom is 0.228 e. The molecule has 2 atom stereocenters. The van der Waals surface area contributed by atoms with Gasteiger partial charge in [-0.2, -0.15) is 4.98 Å². The molecule has 0 aliphatic rings. The highest BCUT2D eigenvalue weighted by atomic mass is 16.5. The van der Waals surface area contributed by atoms with Crippen molar-refractivity contribution in [1.82, 2.24) is 10.1 Å². The first kappa shape index (κ1) is 15.7. The summed E-state index contributed by atoms with van der Waals surface area (Å²) in [5, 5.41) is 4.06. The fourth-order valence-corrected chi connectivity index (χ4v) is 2.01. The average Bonchev–Trinajstić information content (AvgIpc) is 2.93. The Morgan fingerprint density at radius 3 is 2.57 bits per heavy atom. The van der Waals surface area contributed by atoms with Crippen molar-refractivity contribution in [2.24, 2.45) is 11.7 Å². The quantitative estimate of drug-likeness (QED) is 0.848. The lowest BCUT2D eigenvalue weighted by molar-refractivity contribution is 0.0833. The molecule has 0 radical (unpaired) electrons. The summed E-state index contributed by atoms with van der Waals surface area (Å²) in [6.07, 6.45) is 0.280. The van der Waals surface area contributed by atoms with Gasteiger partial charge in [-0.1, -0.05) is 49.3 Å². The van der Waals surface area contributed by atoms with Crippen molar-refractivity contribution in [3.8, 4) is 0 Å². The molecule has 2 rings (SSSR count). The molecule has 2 unspecified atom stereocenters. The van der Waals surface area contributed by atoms with E-state index in [2.05, 4.69) is 24.0 Å². The Bertz CT molecular complexity index is 539. The van der Waals surface area contributed by atoms with E-state index in [1.807, 2.05) is 37.3 Å². The van der Waals surface area contributed by atoms with Gasteiger partial charge in [0.25, 0.3) is 0 Å². The van der Waals surface area contributed by atoms with Crippen LogP contribution in [0.5, 0.6) is 0 Å². The molecule has 1 aromatic carbocycles. The zero-order chi connectivity index (χ0) is 15.2. The van der Waals surface area contributed by atoms with Gasteiger partial charge >= 0.3 is 0 Å². The highest BCUT2D eigenvalue weighted by molar-refractivity contribution is 5.22. The lowest BCUT2D eigenvalue weighted by Crippen LogP contribution is -2.28. The second kappa shape index (κ2) is 7.33. The van der Waals surface area contributed by atoms with Crippen LogP contribution in [0.25, 0.3) is 0 Å². The molecular formula is C16H23N3O2. The maximum atomic E-state index is 6.04. The Hall–Kier alpha value is -1.72. The Morgan fingerprint density at radius 1 is 1.24 bits per heavy atom. The van der Waals surface area contributed by atoms with Gasteiger partial charge in [0.05, 0.1) is 0 Å². The number of rotatable bonds is 7. The third kappa shape index (κ3) is 4.12. The van der Waals surface area contributed by atoms with Gasteiger partial charge < -0.3 is 15.0 Å². The van der Waals surface area contributed by atoms with Gasteiger partial charge in [0, 0.05) is 19.1 Å². The molecule has 0 saturated heterocycles. The van der Waals surface area contributed by atoms with Gasteiger partial charge in [-0.15, -0.1) is 0 Å². The summed E-state index contributed by atoms with van der Waals surface area (Å²) in [6.45, 7) is 6.68. The summed E-state index contributed by atoms with van der Waals surface area (Å²) >= 11 is 0. The molecular weight excluding hydrogens is 266 g/mol. The second-order valence-electron chi connectivity index (χ2n) is 5.40. The molecule has 2 N–H and O–H groups in total. The number of hydrogen-bond donors (Lipinski definition) is 1. The fourth-order valence-electron chi connectivity index (χ4n) is 2.01. The van der Waals surface area contributed by atoms with Gasteiger partial charge in [0.1, 0.15) is 6.10 Å². The summed E-state index contributed by atoms with van der Waals surface area (Å²) in [6, 6.07) is 9.91. The Morgan fingerprint density at radius 2 is 1.95 bits per heavy atom. The minimum atomic E-state index is -0.302. The predicted octanol–water partition coefficient (Wildman–Crippen LogP) is 2.72. The first-order valence-electron chi connectivity index (χ1n) is 7.36. The summed E-state index contributed by atoms with van der Waals surface area (Å²) < 4.78 is 11.1. The maximum absolute atomic E-state index is 6.04. The Balaban J connectivity index is 2.17. The number of nitrogens with two attached hydrogens (primary N) is 1. The van der Waals surface area contributed by atoms with Crippen molar-refractivity contribution in [3.05, 3.63) is 47.6 Å². The van der Waals surface area contributed by atoms with Crippen molar-refractivity contribution < 1.29 is 9.26 Å². The molecule has 0 aliphatic carbocycles. The third-order valence-electron chi connectivity index (χ3n) is 3.42. The van der Waals surface area contributed by atoms with Gasteiger partial charge in [-0.3, -0.25) is 0 Å². The largest absolute Gasteiger partial charge is 0.366 e. The second-order valence-corrected chi connectivity index (χ2v) is 5.40. The van der Waals surface area contributed by atoms with Crippen LogP contribution in [0.3, 0.4) is 0 Å². The standard InChI is InChI=1S/C16H23N3O2/c1-4-20-15(12-8-6-5-7-9-12)16-18-14(21-19-16)10-13(17)11(2)3/h5-9,11,13,15H,4,10,17H2,1-3H3. The van der Waals surface area contributed by atoms with Crippen molar-refractivity contribution in [3.63, 3.8) is 0 Å². The SMILES string of the molecule is CCOC(c1ccccc1)c1noc(CC(N)C(C)C)n1. The van der Waals surface area contributed by atoms with Crippen LogP contribution in [0, 0.1) is 5.92 Å². The lowest BCUT2D eigenvalue weighted by atomic mass is 10.0. The topological polar surface area (TPSA) is 74.2 Å². The zero-order valence-electron chi connectivity index (χ0n) is 12.8. The summed E-state index contributed by atoms with van der Waals surface area (Å²) in [5.74, 6) is 1.48. The normalized spacial score (nSPS) is 14.3. The summed E-state index contributed by atoms with van der Waals surface area (Å²) in [5.41, 5.74) is 7.06. The Kier molecular flexibility index (Phi) is 5.47. The number of ether oxygens (including phenoxy) is 1. The molecule has 1 heterocycles. The minimum absolute atomic E-state index is 0.0144. The molecule has 0 amide bonds. The molecule has 1 aromatic heterocycles. The highest BCUT2D eigenvalue weighted by Crippen LogP contribution is 2.23. The van der Waals surface area contributed by atoms with Gasteiger partial charge in [-0.25, -0.2) is 0 Å². The van der Waals surface area contributed by atoms with Crippen LogP contribution in [0.4, 0.5) is 0 Å². The lowest BCUT2D eigenvalue weighted by Gasteiger charge is -2.13. The Labute approximate surface area is 125 Å². The smallest absolute Gasteiger partial charge is 0.228 e. The van der Waals surface area contributed by atoms with E-state index < -0.39 is 0 Å². The van der Waals surface area contributed by atoms with Crippen LogP contribution in [0.2, 0.25) is 0 Å². The molecule has 114 valence electrons. The predicted molar refractivity (Wildman–Crippen MR) is 80.7 cm³/mol. The van der Waals surface area contributed by atoms with Crippen molar-refractivity contribution in [2.75, 3.05) is 6.61 Å². The molecule has 2 aromatic rings. The van der Waals surface area contributed by atoms with Gasteiger partial charge in [-0.05, 0) is 18.4 Å².